The second kappa shape index (κ2) is 16.0. The second-order valence-corrected chi connectivity index (χ2v) is 11.0. The predicted octanol–water partition coefficient (Wildman–Crippen LogP) is 7.65. The summed E-state index contributed by atoms with van der Waals surface area (Å²) in [5, 5.41) is 5.59. The summed E-state index contributed by atoms with van der Waals surface area (Å²) < 4.78 is 0. The molecule has 0 spiro atoms. The molecule has 1 aromatic heterocycles. The Kier molecular flexibility index (Phi) is 12.5. The Labute approximate surface area is 239 Å². The summed E-state index contributed by atoms with van der Waals surface area (Å²) in [7, 11) is 2.05. The van der Waals surface area contributed by atoms with E-state index in [2.05, 4.69) is 85.3 Å². The average Bonchev–Trinajstić information content (AvgIpc) is 3.69. The van der Waals surface area contributed by atoms with Crippen LogP contribution in [0.1, 0.15) is 56.6 Å². The standard InChI is InChI=1S/C27H32N4S.C6H13N/c1-5-18-30(21(3)12-13-24-10-8-7-9-11-24)20-22(4)31(28)27-29-19-26(32-27)25-16-14-23(6-2)15-17-25;1-7-6-4-2-3-5-6/h6-11,14-17,19H,2-5,12-13,18,20,28H2,1H3;6-7H,2-5H2,1H3. The lowest BCUT2D eigenvalue weighted by Crippen LogP contribution is -2.36. The Morgan fingerprint density at radius 1 is 1.08 bits per heavy atom. The Hall–Kier alpha value is -3.19. The number of hydrazine groups is 1. The van der Waals surface area contributed by atoms with Gasteiger partial charge in [-0.1, -0.05) is 112 Å². The first-order valence-corrected chi connectivity index (χ1v) is 14.8. The quantitative estimate of drug-likeness (QED) is 0.171. The molecule has 0 amide bonds. The number of anilines is 1. The molecule has 0 atom stereocenters. The number of allylic oxidation sites excluding steroid dienone is 1. The molecule has 0 bridgehead atoms. The first kappa shape index (κ1) is 30.4. The Morgan fingerprint density at radius 3 is 2.36 bits per heavy atom. The van der Waals surface area contributed by atoms with Crippen LogP contribution in [0.2, 0.25) is 0 Å². The molecule has 3 aromatic rings. The fourth-order valence-corrected chi connectivity index (χ4v) is 5.54. The van der Waals surface area contributed by atoms with Gasteiger partial charge in [0.15, 0.2) is 0 Å². The molecule has 0 saturated heterocycles. The number of nitrogens with zero attached hydrogens (tertiary/aromatic N) is 3. The van der Waals surface area contributed by atoms with Crippen LogP contribution in [0.4, 0.5) is 5.13 Å². The van der Waals surface area contributed by atoms with Crippen LogP contribution in [-0.4, -0.2) is 36.1 Å². The SMILES string of the molecule is C=Cc1ccc(-c2cnc(N(N)C(=C)CN(CCC)C(=C)CCc3ccccc3)s2)cc1.CNC1CCCC1. The molecule has 1 aliphatic rings. The molecule has 39 heavy (non-hydrogen) atoms. The fourth-order valence-electron chi connectivity index (χ4n) is 4.65. The van der Waals surface area contributed by atoms with Gasteiger partial charge in [-0.2, -0.15) is 0 Å². The van der Waals surface area contributed by atoms with Crippen LogP contribution in [0, 0.1) is 0 Å². The summed E-state index contributed by atoms with van der Waals surface area (Å²) in [5.41, 5.74) is 5.42. The number of rotatable bonds is 13. The van der Waals surface area contributed by atoms with Crippen LogP contribution in [-0.2, 0) is 6.42 Å². The molecule has 1 fully saturated rings. The molecular formula is C33H45N5S. The highest BCUT2D eigenvalue weighted by Crippen LogP contribution is 2.31. The van der Waals surface area contributed by atoms with Gasteiger partial charge in [-0.3, -0.25) is 5.01 Å². The number of nitrogens with two attached hydrogens (primary N) is 1. The average molecular weight is 544 g/mol. The molecule has 208 valence electrons. The van der Waals surface area contributed by atoms with Crippen molar-refractivity contribution in [2.75, 3.05) is 25.1 Å². The topological polar surface area (TPSA) is 57.4 Å². The van der Waals surface area contributed by atoms with Gasteiger partial charge in [-0.05, 0) is 55.8 Å². The molecule has 1 saturated carbocycles. The van der Waals surface area contributed by atoms with Gasteiger partial charge in [0.05, 0.1) is 11.4 Å². The lowest BCUT2D eigenvalue weighted by atomic mass is 10.1. The molecule has 1 aliphatic carbocycles. The van der Waals surface area contributed by atoms with Crippen molar-refractivity contribution < 1.29 is 0 Å². The number of aromatic nitrogens is 1. The number of hydrogen-bond donors (Lipinski definition) is 2. The molecule has 5 nitrogen and oxygen atoms in total. The largest absolute Gasteiger partial charge is 0.369 e. The molecule has 6 heteroatoms. The van der Waals surface area contributed by atoms with E-state index in [1.165, 1.54) is 31.2 Å². The van der Waals surface area contributed by atoms with E-state index in [1.54, 1.807) is 16.3 Å². The van der Waals surface area contributed by atoms with Gasteiger partial charge in [0.25, 0.3) is 0 Å². The number of thiazole rings is 1. The van der Waals surface area contributed by atoms with E-state index in [0.717, 1.165) is 64.4 Å². The monoisotopic (exact) mass is 543 g/mol. The third-order valence-corrected chi connectivity index (χ3v) is 8.14. The number of nitrogens with one attached hydrogen (secondary N) is 1. The zero-order valence-corrected chi connectivity index (χ0v) is 24.6. The van der Waals surface area contributed by atoms with E-state index < -0.39 is 0 Å². The maximum atomic E-state index is 6.40. The van der Waals surface area contributed by atoms with Gasteiger partial charge < -0.3 is 10.2 Å². The lowest BCUT2D eigenvalue weighted by Gasteiger charge is -2.30. The van der Waals surface area contributed by atoms with Gasteiger partial charge in [-0.25, -0.2) is 10.8 Å². The van der Waals surface area contributed by atoms with Crippen molar-refractivity contribution in [3.05, 3.63) is 103 Å². The third-order valence-electron chi connectivity index (χ3n) is 7.09. The summed E-state index contributed by atoms with van der Waals surface area (Å²) in [6.45, 7) is 16.1. The van der Waals surface area contributed by atoms with Crippen LogP contribution in [0.3, 0.4) is 0 Å². The molecule has 3 N–H and O–H groups in total. The minimum absolute atomic E-state index is 0.626. The number of hydrogen-bond acceptors (Lipinski definition) is 6. The molecule has 1 heterocycles. The van der Waals surface area contributed by atoms with Gasteiger partial charge >= 0.3 is 0 Å². The zero-order valence-electron chi connectivity index (χ0n) is 23.7. The molecular weight excluding hydrogens is 498 g/mol. The van der Waals surface area contributed by atoms with Crippen LogP contribution < -0.4 is 16.2 Å². The summed E-state index contributed by atoms with van der Waals surface area (Å²) in [6.07, 6.45) is 12.3. The second-order valence-electron chi connectivity index (χ2n) is 10.0. The fraction of sp³-hybridized carbons (Fsp3) is 0.364. The molecule has 0 radical (unpaired) electrons. The van der Waals surface area contributed by atoms with E-state index in [0.29, 0.717) is 6.54 Å². The maximum absolute atomic E-state index is 6.40. The van der Waals surface area contributed by atoms with E-state index in [9.17, 15) is 0 Å². The smallest absolute Gasteiger partial charge is 0.204 e. The molecule has 0 aliphatic heterocycles. The summed E-state index contributed by atoms with van der Waals surface area (Å²) >= 11 is 1.55. The summed E-state index contributed by atoms with van der Waals surface area (Å²) in [5.74, 6) is 6.40. The van der Waals surface area contributed by atoms with Crippen molar-refractivity contribution in [3.63, 3.8) is 0 Å². The third kappa shape index (κ3) is 9.50. The van der Waals surface area contributed by atoms with E-state index in [-0.39, 0.29) is 0 Å². The minimum atomic E-state index is 0.626. The highest BCUT2D eigenvalue weighted by atomic mass is 32.1. The first-order chi connectivity index (χ1) is 18.9. The lowest BCUT2D eigenvalue weighted by molar-refractivity contribution is 0.357. The Balaban J connectivity index is 0.000000520. The van der Waals surface area contributed by atoms with E-state index in [1.807, 2.05) is 30.5 Å². The van der Waals surface area contributed by atoms with Crippen LogP contribution in [0.25, 0.3) is 16.5 Å². The van der Waals surface area contributed by atoms with E-state index >= 15 is 0 Å². The van der Waals surface area contributed by atoms with E-state index in [4.69, 9.17) is 5.84 Å². The highest BCUT2D eigenvalue weighted by Gasteiger charge is 2.16. The number of aryl methyl sites for hydroxylation is 1. The Morgan fingerprint density at radius 2 is 1.77 bits per heavy atom. The summed E-state index contributed by atoms with van der Waals surface area (Å²) in [6, 6.07) is 19.6. The van der Waals surface area contributed by atoms with Crippen molar-refractivity contribution in [2.45, 2.75) is 57.9 Å². The zero-order chi connectivity index (χ0) is 28.0. The van der Waals surface area contributed by atoms with Crippen molar-refractivity contribution in [2.24, 2.45) is 5.84 Å². The molecule has 2 aromatic carbocycles. The normalized spacial score (nSPS) is 12.9. The van der Waals surface area contributed by atoms with Crippen LogP contribution in [0.15, 0.2) is 91.9 Å². The van der Waals surface area contributed by atoms with Crippen molar-refractivity contribution in [3.8, 4) is 10.4 Å². The first-order valence-electron chi connectivity index (χ1n) is 14.0. The maximum Gasteiger partial charge on any atom is 0.204 e. The highest BCUT2D eigenvalue weighted by molar-refractivity contribution is 7.18. The summed E-state index contributed by atoms with van der Waals surface area (Å²) in [4.78, 5) is 7.87. The molecule has 4 rings (SSSR count). The van der Waals surface area contributed by atoms with Crippen LogP contribution in [0.5, 0.6) is 0 Å². The van der Waals surface area contributed by atoms with Crippen molar-refractivity contribution >= 4 is 22.5 Å². The van der Waals surface area contributed by atoms with Crippen molar-refractivity contribution in [1.29, 1.82) is 0 Å². The van der Waals surface area contributed by atoms with Crippen LogP contribution >= 0.6 is 11.3 Å². The van der Waals surface area contributed by atoms with Crippen molar-refractivity contribution in [1.82, 2.24) is 15.2 Å². The predicted molar refractivity (Wildman–Crippen MR) is 171 cm³/mol. The number of benzene rings is 2. The van der Waals surface area contributed by atoms with Gasteiger partial charge in [0.1, 0.15) is 0 Å². The van der Waals surface area contributed by atoms with Gasteiger partial charge in [0, 0.05) is 30.2 Å². The minimum Gasteiger partial charge on any atom is -0.369 e. The van der Waals surface area contributed by atoms with Gasteiger partial charge in [-0.15, -0.1) is 0 Å². The molecule has 0 unspecified atom stereocenters. The Bertz CT molecular complexity index is 1160. The van der Waals surface area contributed by atoms with Gasteiger partial charge in [0.2, 0.25) is 5.13 Å².